The molecule has 0 aliphatic carbocycles. The number of hydrogen-bond donors (Lipinski definition) is 7. The van der Waals surface area contributed by atoms with Crippen LogP contribution in [-0.2, 0) is 18.9 Å². The van der Waals surface area contributed by atoms with Gasteiger partial charge in [0.2, 0.25) is 32.4 Å². The summed E-state index contributed by atoms with van der Waals surface area (Å²) in [4.78, 5) is 102. The Hall–Kier alpha value is -9.01. The first-order valence-electron chi connectivity index (χ1n) is 32.1. The molecule has 13 rings (SSSR count). The molecule has 1 unspecified atom stereocenters. The molecular weight excluding hydrogens is 1560 g/mol. The van der Waals surface area contributed by atoms with E-state index >= 15 is 0 Å². The standard InChI is InChI=1S/2C18H15NO5S.C17H16N2O4S.C13H8BrNO4S.C5H8O.C4H8O.CH4O.B.Na.H/c2*1-18(2,22)7-6-10-4-5-13-11(8-10)14-15(12(20)9-24-13)25-16(19-14)17(21)23-3;1-17(2,22)6-5-9-3-4-12-10(7-9)13-14(11(20)8-23-12)24-16(19-13)15(18)21;1-18-13(17)12-15-10-7-4-6(14)2-3-9(7)19-5-8(16)11(10)20-12;1-4-5(2,3)6;1-2-4-5-3-1;1-2;;;/h2*4-5,8,22H,9H2,1-3H3;3-4,7,11,20,22H,8H2,1-2H3,(H2,18,21);2-4H,5H2,1H3;1,6H,2-3H3;1-4H2;2H,1H3;;;/q;;;;;;;;+1;-1. The van der Waals surface area contributed by atoms with Gasteiger partial charge in [0.05, 0.1) is 49.0 Å². The van der Waals surface area contributed by atoms with Crippen molar-refractivity contribution in [1.82, 2.24) is 19.9 Å². The van der Waals surface area contributed by atoms with Gasteiger partial charge in [-0.25, -0.2) is 34.3 Å². The van der Waals surface area contributed by atoms with E-state index in [4.69, 9.17) is 46.1 Å². The number of fused-ring (bicyclic) bond motifs is 12. The molecule has 33 heteroatoms. The predicted octanol–water partition coefficient (Wildman–Crippen LogP) is 6.51. The summed E-state index contributed by atoms with van der Waals surface area (Å²) in [6.07, 6.45) is 6.48. The zero-order chi connectivity index (χ0) is 78.9. The molecule has 1 fully saturated rings. The van der Waals surface area contributed by atoms with Crippen LogP contribution in [0.3, 0.4) is 0 Å². The van der Waals surface area contributed by atoms with Gasteiger partial charge < -0.3 is 75.7 Å². The van der Waals surface area contributed by atoms with Gasteiger partial charge in [-0.2, -0.15) is 0 Å². The topological polar surface area (TPSA) is 392 Å². The number of carbonyl (C=O) groups excluding carboxylic acids is 7. The molecule has 3 radical (unpaired) electrons. The van der Waals surface area contributed by atoms with Crippen LogP contribution in [0.2, 0.25) is 0 Å². The van der Waals surface area contributed by atoms with Crippen molar-refractivity contribution < 1.29 is 133 Å². The minimum atomic E-state index is -1.12. The fraction of sp³-hybridized carbons (Fsp3) is 0.329. The minimum Gasteiger partial charge on any atom is -1.00 e. The molecular formula is C76H75BBrN5NaO21S4. The van der Waals surface area contributed by atoms with Crippen LogP contribution in [0, 0.1) is 47.9 Å². The van der Waals surface area contributed by atoms with Crippen molar-refractivity contribution in [2.45, 2.75) is 96.7 Å². The average molecular weight is 1640 g/mol. The molecule has 8 aromatic rings. The molecule has 1 atom stereocenters. The van der Waals surface area contributed by atoms with Gasteiger partial charge in [-0.05, 0) is 141 Å². The Morgan fingerprint density at radius 2 is 0.835 bits per heavy atom. The molecule has 0 bridgehead atoms. The third-order valence-corrected chi connectivity index (χ3v) is 18.9. The number of aliphatic hydroxyl groups excluding tert-OH is 2. The van der Waals surface area contributed by atoms with Crippen LogP contribution in [-0.4, -0.2) is 191 Å². The van der Waals surface area contributed by atoms with Gasteiger partial charge in [-0.3, -0.25) is 19.2 Å². The van der Waals surface area contributed by atoms with E-state index in [1.807, 2.05) is 12.1 Å². The van der Waals surface area contributed by atoms with E-state index in [0.717, 1.165) is 70.1 Å². The number of Topliss-reactive ketones (excluding diaryl/α,β-unsaturated/α-hetero) is 3. The second-order valence-corrected chi connectivity index (χ2v) is 29.8. The van der Waals surface area contributed by atoms with Crippen molar-refractivity contribution in [3.8, 4) is 116 Å². The van der Waals surface area contributed by atoms with E-state index in [2.05, 4.69) is 91.5 Å². The van der Waals surface area contributed by atoms with E-state index < -0.39 is 52.3 Å². The van der Waals surface area contributed by atoms with Gasteiger partial charge in [0, 0.05) is 72.2 Å². The zero-order valence-electron chi connectivity index (χ0n) is 62.5. The van der Waals surface area contributed by atoms with Crippen molar-refractivity contribution in [2.75, 3.05) is 68.1 Å². The number of aromatic nitrogens is 4. The Balaban J connectivity index is 0.000000291. The van der Waals surface area contributed by atoms with Crippen LogP contribution in [0.15, 0.2) is 77.3 Å². The molecule has 4 aromatic heterocycles. The van der Waals surface area contributed by atoms with Crippen molar-refractivity contribution in [1.29, 1.82) is 0 Å². The molecule has 8 N–H and O–H groups in total. The van der Waals surface area contributed by atoms with E-state index in [1.54, 1.807) is 116 Å². The fourth-order valence-corrected chi connectivity index (χ4v) is 13.1. The number of amides is 1. The number of benzene rings is 4. The van der Waals surface area contributed by atoms with E-state index in [-0.39, 0.29) is 103 Å². The van der Waals surface area contributed by atoms with Gasteiger partial charge in [-0.1, -0.05) is 57.4 Å². The fourth-order valence-electron chi connectivity index (χ4n) is 9.08. The Labute approximate surface area is 678 Å². The van der Waals surface area contributed by atoms with Crippen LogP contribution in [0.5, 0.6) is 23.0 Å². The number of halogens is 1. The number of primary amides is 1. The average Bonchev–Trinajstić information content (AvgIpc) is 1.65. The summed E-state index contributed by atoms with van der Waals surface area (Å²) in [5, 5.41) is 55.5. The predicted molar refractivity (Wildman–Crippen MR) is 410 cm³/mol. The summed E-state index contributed by atoms with van der Waals surface area (Å²) < 4.78 is 41.9. The van der Waals surface area contributed by atoms with Crippen LogP contribution >= 0.6 is 61.3 Å². The monoisotopic (exact) mass is 1630 g/mol. The number of ketones is 3. The number of carbonyl (C=O) groups is 7. The largest absolute Gasteiger partial charge is 1.00 e. The number of rotatable bonds is 4. The molecule has 4 aromatic carbocycles. The van der Waals surface area contributed by atoms with Crippen LogP contribution < -0.4 is 54.2 Å². The summed E-state index contributed by atoms with van der Waals surface area (Å²) in [6.45, 7) is 14.4. The Bertz CT molecular complexity index is 4780. The smallest absolute Gasteiger partial charge is 1.00 e. The third kappa shape index (κ3) is 25.5. The Morgan fingerprint density at radius 1 is 0.523 bits per heavy atom. The molecule has 565 valence electrons. The SMILES string of the molecule is C#CC(C)(C)O.C1CCOC1.CC(C)(O)C#Cc1ccc2c(c1)-c1nc(C(N)=O)sc1C(O)CO2.CO.COC(=O)c1nc2c(s1)C(=O)COc1ccc(Br)cc1-2.COC(=O)c1nc2c(s1)C(=O)COc1ccc(C#CC(C)(C)O)cc1-2.COC(=O)c1nc2c(s1)C(=O)COc1ccc(C#CC(C)(C)O)cc1-2.[B].[H-].[Na+]. The second kappa shape index (κ2) is 40.1. The molecule has 1 amide bonds. The second-order valence-electron chi connectivity index (χ2n) is 24.8. The van der Waals surface area contributed by atoms with E-state index in [1.165, 1.54) is 34.2 Å². The van der Waals surface area contributed by atoms with Crippen molar-refractivity contribution in [3.05, 3.63) is 133 Å². The Morgan fingerprint density at radius 3 is 1.14 bits per heavy atom. The maximum Gasteiger partial charge on any atom is 1.00 e. The first-order chi connectivity index (χ1) is 50.5. The zero-order valence-corrected chi connectivity index (χ0v) is 68.4. The maximum atomic E-state index is 12.3. The first-order valence-corrected chi connectivity index (χ1v) is 36.1. The van der Waals surface area contributed by atoms with E-state index in [0.29, 0.717) is 104 Å². The normalized spacial score (nSPS) is 13.6. The Kier molecular flexibility index (Phi) is 33.3. The molecule has 1 saturated heterocycles. The first kappa shape index (κ1) is 90.6. The summed E-state index contributed by atoms with van der Waals surface area (Å²) in [6, 6.07) is 21.0. The summed E-state index contributed by atoms with van der Waals surface area (Å²) in [7, 11) is 4.81. The number of esters is 3. The quantitative estimate of drug-likeness (QED) is 0.0427. The molecule has 0 spiro atoms. The molecule has 26 nitrogen and oxygen atoms in total. The maximum absolute atomic E-state index is 12.3. The number of hydrogen-bond acceptors (Lipinski definition) is 29. The van der Waals surface area contributed by atoms with Crippen molar-refractivity contribution >= 4 is 111 Å². The van der Waals surface area contributed by atoms with Crippen molar-refractivity contribution in [3.63, 3.8) is 0 Å². The summed E-state index contributed by atoms with van der Waals surface area (Å²) in [5.41, 5.74) is 7.14. The number of aliphatic hydroxyl groups is 6. The number of ether oxygens (including phenoxy) is 8. The number of nitrogens with zero attached hydrogens (tertiary/aromatic N) is 4. The number of nitrogens with two attached hydrogens (primary N) is 1. The minimum absolute atomic E-state index is 0. The van der Waals surface area contributed by atoms with Crippen LogP contribution in [0.25, 0.3) is 45.0 Å². The number of terminal acetylenes is 1. The van der Waals surface area contributed by atoms with Gasteiger partial charge in [0.15, 0.2) is 24.8 Å². The molecule has 109 heavy (non-hydrogen) atoms. The molecule has 5 aliphatic heterocycles. The van der Waals surface area contributed by atoms with Gasteiger partial charge in [0.1, 0.15) is 72.7 Å². The summed E-state index contributed by atoms with van der Waals surface area (Å²) in [5.74, 6) is 18.1. The number of methoxy groups -OCH3 is 3. The number of thiazole rings is 4. The van der Waals surface area contributed by atoms with Crippen LogP contribution in [0.4, 0.5) is 0 Å². The van der Waals surface area contributed by atoms with Gasteiger partial charge >= 0.3 is 47.5 Å². The molecule has 0 saturated carbocycles. The van der Waals surface area contributed by atoms with E-state index in [9.17, 15) is 54.0 Å². The molecule has 9 heterocycles. The third-order valence-electron chi connectivity index (χ3n) is 14.0. The summed E-state index contributed by atoms with van der Waals surface area (Å²) >= 11 is 7.44. The van der Waals surface area contributed by atoms with Crippen LogP contribution in [0.1, 0.15) is 166 Å². The van der Waals surface area contributed by atoms with Gasteiger partial charge in [-0.15, -0.1) is 51.8 Å². The van der Waals surface area contributed by atoms with Crippen molar-refractivity contribution in [2.24, 2.45) is 5.73 Å². The van der Waals surface area contributed by atoms with Gasteiger partial charge in [0.25, 0.3) is 5.91 Å². The molecule has 5 aliphatic rings.